The summed E-state index contributed by atoms with van der Waals surface area (Å²) < 4.78 is 12.3. The van der Waals surface area contributed by atoms with Gasteiger partial charge in [-0.1, -0.05) is 104 Å². The highest BCUT2D eigenvalue weighted by atomic mass is 19.1. The van der Waals surface area contributed by atoms with Crippen LogP contribution in [0.15, 0.2) is 0 Å². The molecule has 27 heavy (non-hydrogen) atoms. The first-order valence-electron chi connectivity index (χ1n) is 11.8. The molecular weight excluding hydrogens is 339 g/mol. The summed E-state index contributed by atoms with van der Waals surface area (Å²) in [7, 11) is 0. The zero-order valence-electron chi connectivity index (χ0n) is 18.4. The van der Waals surface area contributed by atoms with E-state index in [1.165, 1.54) is 89.9 Å². The SMILES string of the molecule is CCCCCCCCCCN(CCCCCCCCCC)C(=O)NCCF. The minimum Gasteiger partial charge on any atom is -0.335 e. The van der Waals surface area contributed by atoms with E-state index in [1.807, 2.05) is 4.90 Å². The van der Waals surface area contributed by atoms with Gasteiger partial charge in [-0.2, -0.15) is 0 Å². The molecule has 3 nitrogen and oxygen atoms in total. The minimum absolute atomic E-state index is 0.0847. The maximum Gasteiger partial charge on any atom is 0.317 e. The highest BCUT2D eigenvalue weighted by Crippen LogP contribution is 2.11. The lowest BCUT2D eigenvalue weighted by molar-refractivity contribution is 0.194. The number of urea groups is 1. The molecular formula is C23H47FN2O. The molecule has 0 aliphatic carbocycles. The quantitative estimate of drug-likeness (QED) is 0.220. The molecule has 0 fully saturated rings. The Bertz CT molecular complexity index is 293. The van der Waals surface area contributed by atoms with Gasteiger partial charge in [0.05, 0.1) is 0 Å². The summed E-state index contributed by atoms with van der Waals surface area (Å²) in [6.07, 6.45) is 20.3. The number of amides is 2. The first-order valence-corrected chi connectivity index (χ1v) is 11.8. The number of hydrogen-bond acceptors (Lipinski definition) is 1. The average molecular weight is 387 g/mol. The molecule has 0 rings (SSSR count). The van der Waals surface area contributed by atoms with Gasteiger partial charge >= 0.3 is 6.03 Å². The number of nitrogens with one attached hydrogen (secondary N) is 1. The van der Waals surface area contributed by atoms with Gasteiger partial charge in [-0.3, -0.25) is 0 Å². The van der Waals surface area contributed by atoms with Crippen molar-refractivity contribution in [3.63, 3.8) is 0 Å². The summed E-state index contributed by atoms with van der Waals surface area (Å²) in [5.74, 6) is 0. The Morgan fingerprint density at radius 2 is 1.04 bits per heavy atom. The van der Waals surface area contributed by atoms with Gasteiger partial charge in [0.25, 0.3) is 0 Å². The summed E-state index contributed by atoms with van der Waals surface area (Å²) in [6.45, 7) is 5.75. The van der Waals surface area contributed by atoms with Gasteiger partial charge in [0.2, 0.25) is 0 Å². The van der Waals surface area contributed by atoms with Crippen molar-refractivity contribution in [2.75, 3.05) is 26.3 Å². The molecule has 0 spiro atoms. The van der Waals surface area contributed by atoms with Gasteiger partial charge in [0, 0.05) is 19.6 Å². The first kappa shape index (κ1) is 26.2. The third-order valence-corrected chi connectivity index (χ3v) is 5.22. The fourth-order valence-corrected chi connectivity index (χ4v) is 3.45. The molecule has 0 aromatic carbocycles. The van der Waals surface area contributed by atoms with Crippen LogP contribution < -0.4 is 5.32 Å². The molecule has 0 radical (unpaired) electrons. The summed E-state index contributed by atoms with van der Waals surface area (Å²) in [6, 6.07) is -0.0847. The number of hydrogen-bond donors (Lipinski definition) is 1. The Kier molecular flexibility index (Phi) is 20.9. The number of rotatable bonds is 20. The van der Waals surface area contributed by atoms with Crippen molar-refractivity contribution < 1.29 is 9.18 Å². The lowest BCUT2D eigenvalue weighted by atomic mass is 10.1. The van der Waals surface area contributed by atoms with Crippen LogP contribution in [0.1, 0.15) is 117 Å². The fourth-order valence-electron chi connectivity index (χ4n) is 3.45. The van der Waals surface area contributed by atoms with E-state index in [0.29, 0.717) is 0 Å². The Morgan fingerprint density at radius 3 is 1.41 bits per heavy atom. The van der Waals surface area contributed by atoms with Crippen LogP contribution in [0.2, 0.25) is 0 Å². The van der Waals surface area contributed by atoms with Crippen molar-refractivity contribution in [1.82, 2.24) is 10.2 Å². The second-order valence-electron chi connectivity index (χ2n) is 7.86. The van der Waals surface area contributed by atoms with E-state index in [0.717, 1.165) is 25.9 Å². The lowest BCUT2D eigenvalue weighted by Crippen LogP contribution is -2.41. The third kappa shape index (κ3) is 18.3. The van der Waals surface area contributed by atoms with Crippen LogP contribution in [0.4, 0.5) is 9.18 Å². The number of carbonyl (C=O) groups is 1. The summed E-state index contributed by atoms with van der Waals surface area (Å²) in [5.41, 5.74) is 0. The monoisotopic (exact) mass is 386 g/mol. The number of nitrogens with zero attached hydrogens (tertiary/aromatic N) is 1. The number of carbonyl (C=O) groups excluding carboxylic acids is 1. The van der Waals surface area contributed by atoms with Crippen molar-refractivity contribution in [3.8, 4) is 0 Å². The molecule has 0 bridgehead atoms. The molecule has 1 N–H and O–H groups in total. The molecule has 0 aliphatic heterocycles. The molecule has 0 heterocycles. The Hall–Kier alpha value is -0.800. The molecule has 0 aromatic heterocycles. The van der Waals surface area contributed by atoms with Crippen LogP contribution >= 0.6 is 0 Å². The van der Waals surface area contributed by atoms with Crippen LogP contribution in [-0.4, -0.2) is 37.2 Å². The Morgan fingerprint density at radius 1 is 0.667 bits per heavy atom. The zero-order chi connectivity index (χ0) is 20.0. The molecule has 0 atom stereocenters. The van der Waals surface area contributed by atoms with E-state index >= 15 is 0 Å². The van der Waals surface area contributed by atoms with Crippen LogP contribution in [-0.2, 0) is 0 Å². The average Bonchev–Trinajstić information content (AvgIpc) is 2.68. The van der Waals surface area contributed by atoms with E-state index in [-0.39, 0.29) is 12.6 Å². The summed E-state index contributed by atoms with van der Waals surface area (Å²) in [4.78, 5) is 14.1. The normalized spacial score (nSPS) is 10.9. The van der Waals surface area contributed by atoms with E-state index in [4.69, 9.17) is 0 Å². The van der Waals surface area contributed by atoms with Crippen LogP contribution in [0.3, 0.4) is 0 Å². The second-order valence-corrected chi connectivity index (χ2v) is 7.86. The number of unbranched alkanes of at least 4 members (excludes halogenated alkanes) is 14. The maximum absolute atomic E-state index is 12.3. The zero-order valence-corrected chi connectivity index (χ0v) is 18.4. The van der Waals surface area contributed by atoms with Gasteiger partial charge in [-0.25, -0.2) is 9.18 Å². The lowest BCUT2D eigenvalue weighted by Gasteiger charge is -2.23. The highest BCUT2D eigenvalue weighted by Gasteiger charge is 2.12. The fraction of sp³-hybridized carbons (Fsp3) is 0.957. The molecule has 0 unspecified atom stereocenters. The standard InChI is InChI=1S/C23H47FN2O/c1-3-5-7-9-11-13-15-17-21-26(23(27)25-20-19-24)22-18-16-14-12-10-8-6-4-2/h3-22H2,1-2H3,(H,25,27). The van der Waals surface area contributed by atoms with Gasteiger partial charge in [-0.05, 0) is 12.8 Å². The maximum atomic E-state index is 12.3. The Balaban J connectivity index is 3.85. The molecule has 4 heteroatoms. The first-order chi connectivity index (χ1) is 13.3. The van der Waals surface area contributed by atoms with Gasteiger partial charge in [-0.15, -0.1) is 0 Å². The van der Waals surface area contributed by atoms with Crippen molar-refractivity contribution in [3.05, 3.63) is 0 Å². The summed E-state index contributed by atoms with van der Waals surface area (Å²) >= 11 is 0. The molecule has 0 saturated carbocycles. The largest absolute Gasteiger partial charge is 0.335 e. The third-order valence-electron chi connectivity index (χ3n) is 5.22. The second kappa shape index (κ2) is 21.5. The van der Waals surface area contributed by atoms with Crippen molar-refractivity contribution in [2.45, 2.75) is 117 Å². The summed E-state index contributed by atoms with van der Waals surface area (Å²) in [5, 5.41) is 2.69. The number of halogens is 1. The van der Waals surface area contributed by atoms with Crippen molar-refractivity contribution in [2.24, 2.45) is 0 Å². The smallest absolute Gasteiger partial charge is 0.317 e. The van der Waals surface area contributed by atoms with E-state index < -0.39 is 6.67 Å². The van der Waals surface area contributed by atoms with Crippen LogP contribution in [0, 0.1) is 0 Å². The van der Waals surface area contributed by atoms with Crippen molar-refractivity contribution >= 4 is 6.03 Å². The number of alkyl halides is 1. The van der Waals surface area contributed by atoms with E-state index in [1.54, 1.807) is 0 Å². The van der Waals surface area contributed by atoms with Crippen LogP contribution in [0.5, 0.6) is 0 Å². The predicted octanol–water partition coefficient (Wildman–Crippen LogP) is 7.25. The van der Waals surface area contributed by atoms with Crippen LogP contribution in [0.25, 0.3) is 0 Å². The van der Waals surface area contributed by atoms with Gasteiger partial charge in [0.15, 0.2) is 0 Å². The minimum atomic E-state index is -0.491. The van der Waals surface area contributed by atoms with Crippen molar-refractivity contribution in [1.29, 1.82) is 0 Å². The molecule has 2 amide bonds. The molecule has 162 valence electrons. The van der Waals surface area contributed by atoms with E-state index in [2.05, 4.69) is 19.2 Å². The van der Waals surface area contributed by atoms with Gasteiger partial charge < -0.3 is 10.2 Å². The predicted molar refractivity (Wildman–Crippen MR) is 116 cm³/mol. The molecule has 0 saturated heterocycles. The Labute approximate surface area is 168 Å². The molecule has 0 aliphatic rings. The van der Waals surface area contributed by atoms with E-state index in [9.17, 15) is 9.18 Å². The van der Waals surface area contributed by atoms with Gasteiger partial charge in [0.1, 0.15) is 6.67 Å². The highest BCUT2D eigenvalue weighted by molar-refractivity contribution is 5.74. The molecule has 0 aromatic rings. The topological polar surface area (TPSA) is 32.3 Å².